The fourth-order valence-electron chi connectivity index (χ4n) is 0.685. The lowest BCUT2D eigenvalue weighted by molar-refractivity contribution is -0.148. The van der Waals surface area contributed by atoms with Crippen molar-refractivity contribution < 1.29 is 25.2 Å². The average molecular weight is 178 g/mol. The lowest BCUT2D eigenvalue weighted by Crippen LogP contribution is -2.46. The fourth-order valence-corrected chi connectivity index (χ4v) is 0.685. The molecule has 0 aromatic heterocycles. The monoisotopic (exact) mass is 178 g/mol. The Morgan fingerprint density at radius 3 is 2.08 bits per heavy atom. The van der Waals surface area contributed by atoms with E-state index in [4.69, 9.17) is 15.3 Å². The van der Waals surface area contributed by atoms with Crippen LogP contribution in [-0.4, -0.2) is 51.1 Å². The molecule has 5 nitrogen and oxygen atoms in total. The van der Waals surface area contributed by atoms with E-state index in [1.54, 1.807) is 0 Å². The van der Waals surface area contributed by atoms with E-state index in [-0.39, 0.29) is 6.42 Å². The summed E-state index contributed by atoms with van der Waals surface area (Å²) in [4.78, 5) is 11.0. The predicted octanol–water partition coefficient (Wildman–Crippen LogP) is -1.96. The van der Waals surface area contributed by atoms with Crippen LogP contribution in [0, 0.1) is 0 Å². The summed E-state index contributed by atoms with van der Waals surface area (Å²) < 4.78 is 0. The summed E-state index contributed by atoms with van der Waals surface area (Å²) in [5.74, 6) is -0.762. The van der Waals surface area contributed by atoms with Gasteiger partial charge in [-0.3, -0.25) is 4.79 Å². The molecule has 0 aromatic carbocycles. The van der Waals surface area contributed by atoms with Gasteiger partial charge >= 0.3 is 0 Å². The van der Waals surface area contributed by atoms with E-state index in [1.165, 1.54) is 6.92 Å². The van der Waals surface area contributed by atoms with Crippen molar-refractivity contribution in [3.05, 3.63) is 0 Å². The number of rotatable bonds is 5. The summed E-state index contributed by atoms with van der Waals surface area (Å²) in [5.41, 5.74) is -2.11. The maximum atomic E-state index is 11.0. The molecule has 0 saturated carbocycles. The van der Waals surface area contributed by atoms with Crippen LogP contribution in [0.1, 0.15) is 13.3 Å². The number of Topliss-reactive ketones (excluding diaryl/α,β-unsaturated/α-hetero) is 1. The molecule has 1 atom stereocenters. The van der Waals surface area contributed by atoms with Crippen LogP contribution in [0.25, 0.3) is 0 Å². The van der Waals surface area contributed by atoms with Crippen LogP contribution >= 0.6 is 0 Å². The first-order valence-electron chi connectivity index (χ1n) is 3.61. The highest BCUT2D eigenvalue weighted by molar-refractivity contribution is 5.87. The Bertz CT molecular complexity index is 150. The van der Waals surface area contributed by atoms with Crippen LogP contribution in [-0.2, 0) is 4.79 Å². The van der Waals surface area contributed by atoms with Crippen molar-refractivity contribution in [1.29, 1.82) is 0 Å². The number of carbonyl (C=O) groups excluding carboxylic acids is 1. The predicted molar refractivity (Wildman–Crippen MR) is 40.4 cm³/mol. The van der Waals surface area contributed by atoms with E-state index in [0.717, 1.165) is 0 Å². The Morgan fingerprint density at radius 1 is 1.42 bits per heavy atom. The second kappa shape index (κ2) is 4.51. The lowest BCUT2D eigenvalue weighted by Gasteiger charge is -2.21. The summed E-state index contributed by atoms with van der Waals surface area (Å²) in [6.07, 6.45) is -1.17. The maximum Gasteiger partial charge on any atom is 0.171 e. The molecule has 0 aromatic rings. The third kappa shape index (κ3) is 2.86. The molecule has 0 saturated heterocycles. The van der Waals surface area contributed by atoms with Crippen LogP contribution in [0.5, 0.6) is 0 Å². The highest BCUT2D eigenvalue weighted by Gasteiger charge is 2.34. The Hall–Kier alpha value is -0.490. The van der Waals surface area contributed by atoms with E-state index in [1.807, 2.05) is 0 Å². The van der Waals surface area contributed by atoms with E-state index in [9.17, 15) is 9.90 Å². The molecule has 0 bridgehead atoms. The molecular formula is C7H14O5. The summed E-state index contributed by atoms with van der Waals surface area (Å²) in [7, 11) is 0. The fraction of sp³-hybridized carbons (Fsp3) is 0.857. The first kappa shape index (κ1) is 11.5. The molecule has 5 heteroatoms. The second-order valence-corrected chi connectivity index (χ2v) is 2.82. The summed E-state index contributed by atoms with van der Waals surface area (Å²) in [6, 6.07) is 0. The van der Waals surface area contributed by atoms with Crippen molar-refractivity contribution >= 4 is 5.78 Å². The van der Waals surface area contributed by atoms with Crippen molar-refractivity contribution in [2.45, 2.75) is 25.0 Å². The zero-order chi connectivity index (χ0) is 9.78. The van der Waals surface area contributed by atoms with Gasteiger partial charge in [-0.25, -0.2) is 0 Å². The van der Waals surface area contributed by atoms with Crippen molar-refractivity contribution in [2.24, 2.45) is 0 Å². The third-order valence-corrected chi connectivity index (χ3v) is 1.52. The van der Waals surface area contributed by atoms with Crippen LogP contribution in [0.2, 0.25) is 0 Å². The van der Waals surface area contributed by atoms with E-state index >= 15 is 0 Å². The Kier molecular flexibility index (Phi) is 4.33. The Morgan fingerprint density at radius 2 is 1.83 bits per heavy atom. The minimum atomic E-state index is -2.11. The molecule has 1 unspecified atom stereocenters. The number of hydrogen-bond acceptors (Lipinski definition) is 5. The van der Waals surface area contributed by atoms with Crippen molar-refractivity contribution in [1.82, 2.24) is 0 Å². The standard InChI is InChI=1S/C7H14O5/c1-5(10)2-6(11)7(12,3-8)4-9/h5,8-10,12H,2-4H2,1H3. The van der Waals surface area contributed by atoms with Crippen LogP contribution in [0.4, 0.5) is 0 Å². The highest BCUT2D eigenvalue weighted by Crippen LogP contribution is 2.08. The van der Waals surface area contributed by atoms with Crippen LogP contribution < -0.4 is 0 Å². The number of carbonyl (C=O) groups is 1. The van der Waals surface area contributed by atoms with Crippen LogP contribution in [0.15, 0.2) is 0 Å². The van der Waals surface area contributed by atoms with Crippen molar-refractivity contribution in [2.75, 3.05) is 13.2 Å². The molecule has 12 heavy (non-hydrogen) atoms. The minimum Gasteiger partial charge on any atom is -0.393 e. The second-order valence-electron chi connectivity index (χ2n) is 2.82. The molecule has 0 aliphatic rings. The number of hydrogen-bond donors (Lipinski definition) is 4. The van der Waals surface area contributed by atoms with Gasteiger partial charge in [-0.2, -0.15) is 0 Å². The first-order valence-corrected chi connectivity index (χ1v) is 3.61. The zero-order valence-corrected chi connectivity index (χ0v) is 6.90. The number of aliphatic hydroxyl groups excluding tert-OH is 3. The molecule has 0 radical (unpaired) electrons. The van der Waals surface area contributed by atoms with Crippen molar-refractivity contribution in [3.63, 3.8) is 0 Å². The summed E-state index contributed by atoms with van der Waals surface area (Å²) in [5, 5.41) is 35.1. The number of ketones is 1. The maximum absolute atomic E-state index is 11.0. The largest absolute Gasteiger partial charge is 0.393 e. The minimum absolute atomic E-state index is 0.280. The number of aliphatic hydroxyl groups is 4. The van der Waals surface area contributed by atoms with Crippen molar-refractivity contribution in [3.8, 4) is 0 Å². The van der Waals surface area contributed by atoms with Gasteiger partial charge in [0.15, 0.2) is 11.4 Å². The van der Waals surface area contributed by atoms with Gasteiger partial charge in [0.2, 0.25) is 0 Å². The van der Waals surface area contributed by atoms with E-state index in [2.05, 4.69) is 0 Å². The van der Waals surface area contributed by atoms with Gasteiger partial charge in [-0.05, 0) is 6.92 Å². The SMILES string of the molecule is CC(O)CC(=O)C(O)(CO)CO. The average Bonchev–Trinajstić information content (AvgIpc) is 2.02. The first-order chi connectivity index (χ1) is 5.46. The Labute approximate surface area is 70.3 Å². The van der Waals surface area contributed by atoms with Gasteiger partial charge < -0.3 is 20.4 Å². The molecule has 0 fully saturated rings. The summed E-state index contributed by atoms with van der Waals surface area (Å²) >= 11 is 0. The molecule has 0 rings (SSSR count). The molecule has 72 valence electrons. The van der Waals surface area contributed by atoms with Crippen LogP contribution in [0.3, 0.4) is 0 Å². The molecule has 0 heterocycles. The summed E-state index contributed by atoms with van der Waals surface area (Å²) in [6.45, 7) is -0.294. The van der Waals surface area contributed by atoms with Gasteiger partial charge in [0.05, 0.1) is 19.3 Å². The normalized spacial score (nSPS) is 14.4. The van der Waals surface area contributed by atoms with E-state index < -0.39 is 30.7 Å². The molecule has 0 amide bonds. The van der Waals surface area contributed by atoms with Gasteiger partial charge in [-0.15, -0.1) is 0 Å². The third-order valence-electron chi connectivity index (χ3n) is 1.52. The van der Waals surface area contributed by atoms with Gasteiger partial charge in [0.1, 0.15) is 0 Å². The topological polar surface area (TPSA) is 98.0 Å². The van der Waals surface area contributed by atoms with E-state index in [0.29, 0.717) is 0 Å². The Balaban J connectivity index is 4.22. The molecular weight excluding hydrogens is 164 g/mol. The smallest absolute Gasteiger partial charge is 0.171 e. The van der Waals surface area contributed by atoms with Gasteiger partial charge in [0, 0.05) is 6.42 Å². The lowest BCUT2D eigenvalue weighted by atomic mass is 9.96. The molecule has 0 aliphatic carbocycles. The zero-order valence-electron chi connectivity index (χ0n) is 6.90. The molecule has 0 spiro atoms. The molecule has 0 aliphatic heterocycles. The molecule has 4 N–H and O–H groups in total. The quantitative estimate of drug-likeness (QED) is 0.392. The van der Waals surface area contributed by atoms with Gasteiger partial charge in [0.25, 0.3) is 0 Å². The van der Waals surface area contributed by atoms with Gasteiger partial charge in [-0.1, -0.05) is 0 Å². The highest BCUT2D eigenvalue weighted by atomic mass is 16.4.